The van der Waals surface area contributed by atoms with Crippen molar-refractivity contribution in [1.29, 1.82) is 0 Å². The van der Waals surface area contributed by atoms with E-state index in [4.69, 9.17) is 0 Å². The van der Waals surface area contributed by atoms with E-state index in [-0.39, 0.29) is 30.0 Å². The van der Waals surface area contributed by atoms with E-state index in [1.54, 1.807) is 0 Å². The smallest absolute Gasteiger partial charge is 0.325 e. The van der Waals surface area contributed by atoms with Gasteiger partial charge in [0.15, 0.2) is 5.69 Å². The second-order valence-electron chi connectivity index (χ2n) is 7.29. The number of carbonyl (C=O) groups is 2. The maximum atomic E-state index is 12.8. The Balaban J connectivity index is 3.23. The number of methoxy groups -OCH3 is 1. The van der Waals surface area contributed by atoms with Crippen molar-refractivity contribution in [2.24, 2.45) is 0 Å². The van der Waals surface area contributed by atoms with Crippen molar-refractivity contribution >= 4 is 11.9 Å². The van der Waals surface area contributed by atoms with Crippen molar-refractivity contribution in [3.05, 3.63) is 17.5 Å². The van der Waals surface area contributed by atoms with E-state index in [0.717, 1.165) is 5.69 Å². The molecule has 0 spiro atoms. The first-order valence-electron chi connectivity index (χ1n) is 7.97. The Morgan fingerprint density at radius 3 is 2.17 bits per heavy atom. The van der Waals surface area contributed by atoms with E-state index in [1.807, 2.05) is 24.6 Å². The van der Waals surface area contributed by atoms with Gasteiger partial charge < -0.3 is 9.64 Å². The molecular weight excluding hydrogens is 294 g/mol. The molecule has 0 fully saturated rings. The second-order valence-corrected chi connectivity index (χ2v) is 7.29. The van der Waals surface area contributed by atoms with Crippen LogP contribution in [0.25, 0.3) is 0 Å². The normalized spacial score (nSPS) is 11.9. The molecule has 6 nitrogen and oxygen atoms in total. The van der Waals surface area contributed by atoms with Crippen LogP contribution in [0.3, 0.4) is 0 Å². The zero-order chi connectivity index (χ0) is 17.9. The van der Waals surface area contributed by atoms with E-state index >= 15 is 0 Å². The number of amides is 1. The fraction of sp³-hybridized carbons (Fsp3) is 0.706. The third-order valence-corrected chi connectivity index (χ3v) is 3.59. The number of hydrogen-bond acceptors (Lipinski definition) is 4. The summed E-state index contributed by atoms with van der Waals surface area (Å²) in [6.07, 6.45) is 0. The quantitative estimate of drug-likeness (QED) is 0.782. The molecular formula is C17H29N3O3. The highest BCUT2D eigenvalue weighted by atomic mass is 16.5. The predicted octanol–water partition coefficient (Wildman–Crippen LogP) is 2.79. The van der Waals surface area contributed by atoms with E-state index in [9.17, 15) is 9.59 Å². The topological polar surface area (TPSA) is 64.4 Å². The second kappa shape index (κ2) is 7.15. The van der Waals surface area contributed by atoms with Crippen molar-refractivity contribution in [2.45, 2.75) is 66.0 Å². The first-order chi connectivity index (χ1) is 10.5. The fourth-order valence-corrected chi connectivity index (χ4v) is 2.29. The van der Waals surface area contributed by atoms with Crippen molar-refractivity contribution < 1.29 is 14.3 Å². The molecule has 0 unspecified atom stereocenters. The molecule has 0 saturated heterocycles. The van der Waals surface area contributed by atoms with Gasteiger partial charge in [0.25, 0.3) is 5.91 Å². The van der Waals surface area contributed by atoms with Gasteiger partial charge in [0, 0.05) is 11.7 Å². The van der Waals surface area contributed by atoms with Gasteiger partial charge in [0.1, 0.15) is 6.54 Å². The van der Waals surface area contributed by atoms with E-state index in [2.05, 4.69) is 44.5 Å². The van der Waals surface area contributed by atoms with Crippen LogP contribution in [0.1, 0.15) is 70.6 Å². The Morgan fingerprint density at radius 1 is 1.26 bits per heavy atom. The molecule has 0 atom stereocenters. The molecule has 1 heterocycles. The Labute approximate surface area is 138 Å². The number of carbonyl (C=O) groups excluding carboxylic acids is 2. The molecule has 1 aromatic rings. The summed E-state index contributed by atoms with van der Waals surface area (Å²) < 4.78 is 6.57. The molecule has 0 radical (unpaired) electrons. The number of nitrogens with zero attached hydrogens (tertiary/aromatic N) is 3. The van der Waals surface area contributed by atoms with Gasteiger partial charge in [-0.15, -0.1) is 0 Å². The molecule has 0 aliphatic rings. The third kappa shape index (κ3) is 4.56. The SMILES string of the molecule is COC(=O)CN(C(=O)c1cc(C(C)C)n(C(C)(C)C)n1)C(C)C. The van der Waals surface area contributed by atoms with Crippen LogP contribution < -0.4 is 0 Å². The molecule has 130 valence electrons. The van der Waals surface area contributed by atoms with Crippen molar-refractivity contribution in [1.82, 2.24) is 14.7 Å². The summed E-state index contributed by atoms with van der Waals surface area (Å²) in [6.45, 7) is 13.9. The predicted molar refractivity (Wildman–Crippen MR) is 89.5 cm³/mol. The van der Waals surface area contributed by atoms with Crippen LogP contribution in [0.2, 0.25) is 0 Å². The first-order valence-corrected chi connectivity index (χ1v) is 7.97. The third-order valence-electron chi connectivity index (χ3n) is 3.59. The molecule has 0 bridgehead atoms. The number of ether oxygens (including phenoxy) is 1. The molecule has 23 heavy (non-hydrogen) atoms. The summed E-state index contributed by atoms with van der Waals surface area (Å²) >= 11 is 0. The highest BCUT2D eigenvalue weighted by Gasteiger charge is 2.28. The zero-order valence-electron chi connectivity index (χ0n) is 15.5. The Hall–Kier alpha value is -1.85. The van der Waals surface area contributed by atoms with Gasteiger partial charge >= 0.3 is 5.97 Å². The van der Waals surface area contributed by atoms with Crippen molar-refractivity contribution in [2.75, 3.05) is 13.7 Å². The van der Waals surface area contributed by atoms with Crippen LogP contribution in [0, 0.1) is 0 Å². The minimum Gasteiger partial charge on any atom is -0.468 e. The van der Waals surface area contributed by atoms with Crippen molar-refractivity contribution in [3.63, 3.8) is 0 Å². The molecule has 1 amide bonds. The van der Waals surface area contributed by atoms with Crippen LogP contribution in [-0.4, -0.2) is 46.3 Å². The Kier molecular flexibility index (Phi) is 5.97. The average Bonchev–Trinajstić information content (AvgIpc) is 2.88. The largest absolute Gasteiger partial charge is 0.468 e. The van der Waals surface area contributed by atoms with E-state index < -0.39 is 5.97 Å². The number of rotatable bonds is 5. The molecule has 1 rings (SSSR count). The van der Waals surface area contributed by atoms with Gasteiger partial charge in [0.05, 0.1) is 12.6 Å². The summed E-state index contributed by atoms with van der Waals surface area (Å²) in [4.78, 5) is 25.8. The lowest BCUT2D eigenvalue weighted by molar-refractivity contribution is -0.141. The number of esters is 1. The van der Waals surface area contributed by atoms with Gasteiger partial charge in [-0.05, 0) is 46.6 Å². The molecule has 0 aromatic carbocycles. The molecule has 6 heteroatoms. The van der Waals surface area contributed by atoms with E-state index in [0.29, 0.717) is 5.69 Å². The Morgan fingerprint density at radius 2 is 1.83 bits per heavy atom. The maximum absolute atomic E-state index is 12.8. The van der Waals surface area contributed by atoms with E-state index in [1.165, 1.54) is 12.0 Å². The van der Waals surface area contributed by atoms with Gasteiger partial charge in [-0.25, -0.2) is 0 Å². The van der Waals surface area contributed by atoms with Crippen LogP contribution >= 0.6 is 0 Å². The summed E-state index contributed by atoms with van der Waals surface area (Å²) in [5, 5.41) is 4.51. The first kappa shape index (κ1) is 19.2. The summed E-state index contributed by atoms with van der Waals surface area (Å²) in [7, 11) is 1.32. The van der Waals surface area contributed by atoms with Crippen molar-refractivity contribution in [3.8, 4) is 0 Å². The molecule has 0 aliphatic carbocycles. The van der Waals surface area contributed by atoms with Gasteiger partial charge in [-0.2, -0.15) is 5.10 Å². The molecule has 1 aromatic heterocycles. The molecule has 0 saturated carbocycles. The van der Waals surface area contributed by atoms with Crippen LogP contribution in [0.4, 0.5) is 0 Å². The van der Waals surface area contributed by atoms with Gasteiger partial charge in [0.2, 0.25) is 0 Å². The highest BCUT2D eigenvalue weighted by molar-refractivity contribution is 5.94. The highest BCUT2D eigenvalue weighted by Crippen LogP contribution is 2.24. The van der Waals surface area contributed by atoms with Crippen LogP contribution in [0.5, 0.6) is 0 Å². The lowest BCUT2D eigenvalue weighted by Crippen LogP contribution is -2.41. The Bertz CT molecular complexity index is 568. The summed E-state index contributed by atoms with van der Waals surface area (Å²) in [5.74, 6) is -0.446. The lowest BCUT2D eigenvalue weighted by Gasteiger charge is -2.25. The molecule has 0 aliphatic heterocycles. The zero-order valence-corrected chi connectivity index (χ0v) is 15.5. The molecule has 0 N–H and O–H groups in total. The van der Waals surface area contributed by atoms with Crippen LogP contribution in [0.15, 0.2) is 6.07 Å². The number of aromatic nitrogens is 2. The lowest BCUT2D eigenvalue weighted by atomic mass is 10.1. The van der Waals surface area contributed by atoms with Gasteiger partial charge in [-0.3, -0.25) is 14.3 Å². The summed E-state index contributed by atoms with van der Waals surface area (Å²) in [6, 6.07) is 1.70. The summed E-state index contributed by atoms with van der Waals surface area (Å²) in [5.41, 5.74) is 1.15. The standard InChI is InChI=1S/C17H29N3O3/c1-11(2)14-9-13(18-20(14)17(5,6)7)16(22)19(12(3)4)10-15(21)23-8/h9,11-12H,10H2,1-8H3. The monoisotopic (exact) mass is 323 g/mol. The fourth-order valence-electron chi connectivity index (χ4n) is 2.29. The average molecular weight is 323 g/mol. The number of hydrogen-bond donors (Lipinski definition) is 0. The maximum Gasteiger partial charge on any atom is 0.325 e. The van der Waals surface area contributed by atoms with Gasteiger partial charge in [-0.1, -0.05) is 13.8 Å². The minimum atomic E-state index is -0.439. The minimum absolute atomic E-state index is 0.0770. The van der Waals surface area contributed by atoms with Crippen LogP contribution in [-0.2, 0) is 15.1 Å².